The number of benzene rings is 1. The van der Waals surface area contributed by atoms with E-state index in [1.54, 1.807) is 19.1 Å². The molecule has 2 aromatic rings. The van der Waals surface area contributed by atoms with Gasteiger partial charge in [-0.15, -0.1) is 0 Å². The van der Waals surface area contributed by atoms with Gasteiger partial charge in [-0.1, -0.05) is 12.1 Å². The molecule has 0 aliphatic rings. The van der Waals surface area contributed by atoms with Gasteiger partial charge in [0.25, 0.3) is 10.0 Å². The third-order valence-corrected chi connectivity index (χ3v) is 4.14. The lowest BCUT2D eigenvalue weighted by Gasteiger charge is -2.08. The lowest BCUT2D eigenvalue weighted by Crippen LogP contribution is -2.13. The second kappa shape index (κ2) is 5.92. The number of sulfonamides is 1. The Morgan fingerprint density at radius 1 is 1.24 bits per heavy atom. The maximum absolute atomic E-state index is 12.2. The van der Waals surface area contributed by atoms with Crippen LogP contribution < -0.4 is 4.72 Å². The fourth-order valence-electron chi connectivity index (χ4n) is 1.78. The van der Waals surface area contributed by atoms with Crippen LogP contribution in [0.4, 0.5) is 5.69 Å². The molecule has 0 fully saturated rings. The summed E-state index contributed by atoms with van der Waals surface area (Å²) < 4.78 is 26.8. The highest BCUT2D eigenvalue weighted by Crippen LogP contribution is 2.17. The van der Waals surface area contributed by atoms with Crippen molar-refractivity contribution in [3.05, 3.63) is 53.9 Å². The average molecular weight is 306 g/mol. The van der Waals surface area contributed by atoms with E-state index < -0.39 is 16.0 Å². The number of hydrogen-bond donors (Lipinski definition) is 2. The molecule has 7 heteroatoms. The fourth-order valence-corrected chi connectivity index (χ4v) is 2.83. The van der Waals surface area contributed by atoms with Gasteiger partial charge in [0.2, 0.25) is 0 Å². The van der Waals surface area contributed by atoms with E-state index in [1.807, 2.05) is 0 Å². The van der Waals surface area contributed by atoms with Crippen molar-refractivity contribution >= 4 is 21.7 Å². The molecule has 0 atom stereocenters. The third kappa shape index (κ3) is 4.03. The molecule has 1 aromatic heterocycles. The van der Waals surface area contributed by atoms with Gasteiger partial charge in [0.15, 0.2) is 0 Å². The normalized spacial score (nSPS) is 11.1. The highest BCUT2D eigenvalue weighted by molar-refractivity contribution is 7.92. The Morgan fingerprint density at radius 3 is 2.48 bits per heavy atom. The molecule has 0 unspecified atom stereocenters. The molecule has 0 bridgehead atoms. The molecule has 0 saturated heterocycles. The monoisotopic (exact) mass is 306 g/mol. The van der Waals surface area contributed by atoms with Crippen molar-refractivity contribution in [1.29, 1.82) is 0 Å². The van der Waals surface area contributed by atoms with E-state index in [2.05, 4.69) is 9.71 Å². The van der Waals surface area contributed by atoms with Crippen molar-refractivity contribution < 1.29 is 18.3 Å². The molecule has 2 N–H and O–H groups in total. The quantitative estimate of drug-likeness (QED) is 0.878. The molecule has 0 saturated carbocycles. The molecule has 21 heavy (non-hydrogen) atoms. The molecule has 0 aliphatic carbocycles. The number of carbonyl (C=O) groups is 1. The van der Waals surface area contributed by atoms with Crippen molar-refractivity contribution in [2.75, 3.05) is 4.72 Å². The number of carboxylic acid groups (broad SMARTS) is 1. The lowest BCUT2D eigenvalue weighted by atomic mass is 10.2. The van der Waals surface area contributed by atoms with Gasteiger partial charge in [-0.05, 0) is 36.8 Å². The summed E-state index contributed by atoms with van der Waals surface area (Å²) in [6, 6.07) is 8.92. The first-order valence-corrected chi connectivity index (χ1v) is 7.61. The van der Waals surface area contributed by atoms with E-state index >= 15 is 0 Å². The summed E-state index contributed by atoms with van der Waals surface area (Å²) in [6.45, 7) is 1.76. The van der Waals surface area contributed by atoms with E-state index in [1.165, 1.54) is 30.5 Å². The maximum atomic E-state index is 12.2. The van der Waals surface area contributed by atoms with Gasteiger partial charge in [0, 0.05) is 11.9 Å². The summed E-state index contributed by atoms with van der Waals surface area (Å²) in [5, 5.41) is 8.68. The number of aryl methyl sites for hydroxylation is 1. The first-order chi connectivity index (χ1) is 9.87. The molecule has 0 amide bonds. The topological polar surface area (TPSA) is 96.4 Å². The van der Waals surface area contributed by atoms with Crippen molar-refractivity contribution in [2.45, 2.75) is 18.2 Å². The predicted octanol–water partition coefficient (Wildman–Crippen LogP) is 1.82. The second-order valence-electron chi connectivity index (χ2n) is 4.51. The van der Waals surface area contributed by atoms with Gasteiger partial charge in [0.1, 0.15) is 0 Å². The van der Waals surface area contributed by atoms with E-state index in [9.17, 15) is 13.2 Å². The molecule has 1 aromatic carbocycles. The molecule has 0 radical (unpaired) electrons. The number of pyridine rings is 1. The average Bonchev–Trinajstić information content (AvgIpc) is 2.38. The summed E-state index contributed by atoms with van der Waals surface area (Å²) >= 11 is 0. The van der Waals surface area contributed by atoms with Crippen LogP contribution in [-0.2, 0) is 21.2 Å². The molecular formula is C14H14N2O4S. The van der Waals surface area contributed by atoms with Gasteiger partial charge in [0.05, 0.1) is 17.0 Å². The number of nitrogens with one attached hydrogen (secondary N) is 1. The second-order valence-corrected chi connectivity index (χ2v) is 6.19. The number of anilines is 1. The zero-order valence-corrected chi connectivity index (χ0v) is 12.1. The predicted molar refractivity (Wildman–Crippen MR) is 77.6 cm³/mol. The summed E-state index contributed by atoms with van der Waals surface area (Å²) in [6.07, 6.45) is 1.38. The minimum absolute atomic E-state index is 0.0751. The van der Waals surface area contributed by atoms with Crippen LogP contribution in [0.1, 0.15) is 11.3 Å². The van der Waals surface area contributed by atoms with Gasteiger partial charge in [-0.3, -0.25) is 14.5 Å². The lowest BCUT2D eigenvalue weighted by molar-refractivity contribution is -0.136. The number of hydrogen-bond acceptors (Lipinski definition) is 4. The standard InChI is InChI=1S/C14H14N2O4S/c1-10-8-12(6-7-15-10)16-21(19,20)13-4-2-11(3-5-13)9-14(17)18/h2-8H,9H2,1H3,(H,15,16)(H,17,18). The summed E-state index contributed by atoms with van der Waals surface area (Å²) in [5.74, 6) is -0.962. The zero-order chi connectivity index (χ0) is 15.5. The third-order valence-electron chi connectivity index (χ3n) is 2.74. The molecular weight excluding hydrogens is 292 g/mol. The minimum Gasteiger partial charge on any atom is -0.481 e. The molecule has 6 nitrogen and oxygen atoms in total. The van der Waals surface area contributed by atoms with Crippen molar-refractivity contribution in [2.24, 2.45) is 0 Å². The first-order valence-electron chi connectivity index (χ1n) is 6.13. The van der Waals surface area contributed by atoms with E-state index in [0.29, 0.717) is 16.9 Å². The van der Waals surface area contributed by atoms with Crippen molar-refractivity contribution in [1.82, 2.24) is 4.98 Å². The van der Waals surface area contributed by atoms with Gasteiger partial charge in [-0.2, -0.15) is 0 Å². The summed E-state index contributed by atoms with van der Waals surface area (Å²) in [5.41, 5.74) is 1.67. The molecule has 1 heterocycles. The van der Waals surface area contributed by atoms with Crippen LogP contribution in [-0.4, -0.2) is 24.5 Å². The van der Waals surface area contributed by atoms with Crippen LogP contribution in [0.3, 0.4) is 0 Å². The van der Waals surface area contributed by atoms with Crippen LogP contribution in [0, 0.1) is 6.92 Å². The Hall–Kier alpha value is -2.41. The SMILES string of the molecule is Cc1cc(NS(=O)(=O)c2ccc(CC(=O)O)cc2)ccn1. The van der Waals surface area contributed by atoms with Crippen LogP contribution >= 0.6 is 0 Å². The molecule has 0 aliphatic heterocycles. The molecule has 2 rings (SSSR count). The van der Waals surface area contributed by atoms with Crippen LogP contribution in [0.5, 0.6) is 0 Å². The summed E-state index contributed by atoms with van der Waals surface area (Å²) in [4.78, 5) is 14.7. The van der Waals surface area contributed by atoms with Crippen LogP contribution in [0.25, 0.3) is 0 Å². The van der Waals surface area contributed by atoms with E-state index in [4.69, 9.17) is 5.11 Å². The van der Waals surface area contributed by atoms with E-state index in [-0.39, 0.29) is 11.3 Å². The Labute approximate surface area is 122 Å². The Balaban J connectivity index is 2.21. The largest absolute Gasteiger partial charge is 0.481 e. The number of aromatic nitrogens is 1. The smallest absolute Gasteiger partial charge is 0.307 e. The Bertz CT molecular complexity index is 755. The fraction of sp³-hybridized carbons (Fsp3) is 0.143. The van der Waals surface area contributed by atoms with E-state index in [0.717, 1.165) is 0 Å². The Kier molecular flexibility index (Phi) is 4.23. The van der Waals surface area contributed by atoms with Gasteiger partial charge < -0.3 is 5.11 Å². The molecule has 0 spiro atoms. The highest BCUT2D eigenvalue weighted by Gasteiger charge is 2.14. The summed E-state index contributed by atoms with van der Waals surface area (Å²) in [7, 11) is -3.70. The first kappa shape index (κ1) is 15.0. The number of carboxylic acids is 1. The Morgan fingerprint density at radius 2 is 1.90 bits per heavy atom. The highest BCUT2D eigenvalue weighted by atomic mass is 32.2. The number of nitrogens with zero attached hydrogens (tertiary/aromatic N) is 1. The number of rotatable bonds is 5. The van der Waals surface area contributed by atoms with Gasteiger partial charge in [-0.25, -0.2) is 8.42 Å². The zero-order valence-electron chi connectivity index (χ0n) is 11.3. The minimum atomic E-state index is -3.70. The van der Waals surface area contributed by atoms with Gasteiger partial charge >= 0.3 is 5.97 Å². The number of aliphatic carboxylic acids is 1. The molecule has 110 valence electrons. The maximum Gasteiger partial charge on any atom is 0.307 e. The van der Waals surface area contributed by atoms with Crippen molar-refractivity contribution in [3.63, 3.8) is 0 Å². The van der Waals surface area contributed by atoms with Crippen LogP contribution in [0.2, 0.25) is 0 Å². The van der Waals surface area contributed by atoms with Crippen LogP contribution in [0.15, 0.2) is 47.5 Å². The van der Waals surface area contributed by atoms with Crippen molar-refractivity contribution in [3.8, 4) is 0 Å².